The largest absolute Gasteiger partial charge is 0.352 e. The smallest absolute Gasteiger partial charge is 0.215 e. The van der Waals surface area contributed by atoms with Crippen LogP contribution in [0.15, 0.2) is 53.5 Å². The van der Waals surface area contributed by atoms with E-state index in [2.05, 4.69) is 16.2 Å². The quantitative estimate of drug-likeness (QED) is 0.618. The van der Waals surface area contributed by atoms with E-state index < -0.39 is 0 Å². The van der Waals surface area contributed by atoms with E-state index in [1.54, 1.807) is 17.9 Å². The maximum Gasteiger partial charge on any atom is 0.215 e. The Kier molecular flexibility index (Phi) is 3.17. The SMILES string of the molecule is Cn1ncc2[nH]c3ccc(Cc4ccccc4C#N)cc3c(=O)c21. The second kappa shape index (κ2) is 5.36. The Bertz CT molecular complexity index is 1180. The number of rotatable bonds is 2. The third-order valence-electron chi connectivity index (χ3n) is 4.28. The Morgan fingerprint density at radius 3 is 2.88 bits per heavy atom. The van der Waals surface area contributed by atoms with Crippen molar-refractivity contribution in [2.45, 2.75) is 6.42 Å². The van der Waals surface area contributed by atoms with Gasteiger partial charge in [-0.2, -0.15) is 10.4 Å². The average Bonchev–Trinajstić information content (AvgIpc) is 2.97. The van der Waals surface area contributed by atoms with Crippen LogP contribution in [0.25, 0.3) is 21.9 Å². The van der Waals surface area contributed by atoms with Gasteiger partial charge in [0.1, 0.15) is 5.52 Å². The monoisotopic (exact) mass is 314 g/mol. The molecular formula is C19H14N4O. The maximum atomic E-state index is 12.8. The summed E-state index contributed by atoms with van der Waals surface area (Å²) in [5, 5.41) is 14.0. The van der Waals surface area contributed by atoms with E-state index in [-0.39, 0.29) is 5.43 Å². The first-order chi connectivity index (χ1) is 11.7. The van der Waals surface area contributed by atoms with Crippen LogP contribution in [0.4, 0.5) is 0 Å². The van der Waals surface area contributed by atoms with Crippen LogP contribution >= 0.6 is 0 Å². The van der Waals surface area contributed by atoms with Crippen LogP contribution < -0.4 is 5.43 Å². The van der Waals surface area contributed by atoms with Gasteiger partial charge in [-0.3, -0.25) is 9.48 Å². The molecule has 116 valence electrons. The molecule has 0 saturated carbocycles. The highest BCUT2D eigenvalue weighted by Crippen LogP contribution is 2.19. The summed E-state index contributed by atoms with van der Waals surface area (Å²) < 4.78 is 1.59. The topological polar surface area (TPSA) is 74.5 Å². The third kappa shape index (κ3) is 2.17. The zero-order valence-electron chi connectivity index (χ0n) is 13.1. The van der Waals surface area contributed by atoms with Crippen molar-refractivity contribution < 1.29 is 0 Å². The molecule has 0 aliphatic carbocycles. The van der Waals surface area contributed by atoms with Gasteiger partial charge in [-0.1, -0.05) is 24.3 Å². The molecule has 4 rings (SSSR count). The van der Waals surface area contributed by atoms with Gasteiger partial charge in [0.25, 0.3) is 0 Å². The summed E-state index contributed by atoms with van der Waals surface area (Å²) >= 11 is 0. The van der Waals surface area contributed by atoms with Gasteiger partial charge in [0.15, 0.2) is 0 Å². The minimum Gasteiger partial charge on any atom is -0.352 e. The number of pyridine rings is 1. The average molecular weight is 314 g/mol. The number of nitrogens with zero attached hydrogens (tertiary/aromatic N) is 3. The summed E-state index contributed by atoms with van der Waals surface area (Å²) in [4.78, 5) is 16.0. The summed E-state index contributed by atoms with van der Waals surface area (Å²) in [7, 11) is 1.76. The molecule has 0 atom stereocenters. The minimum absolute atomic E-state index is 0.0332. The number of hydrogen-bond donors (Lipinski definition) is 1. The van der Waals surface area contributed by atoms with Crippen molar-refractivity contribution in [2.24, 2.45) is 7.05 Å². The Morgan fingerprint density at radius 1 is 1.21 bits per heavy atom. The first-order valence-corrected chi connectivity index (χ1v) is 7.62. The first-order valence-electron chi connectivity index (χ1n) is 7.62. The predicted molar refractivity (Wildman–Crippen MR) is 92.8 cm³/mol. The molecule has 0 aliphatic heterocycles. The molecule has 0 bridgehead atoms. The molecular weight excluding hydrogens is 300 g/mol. The van der Waals surface area contributed by atoms with E-state index in [0.29, 0.717) is 22.9 Å². The van der Waals surface area contributed by atoms with Gasteiger partial charge in [0, 0.05) is 18.0 Å². The molecule has 0 amide bonds. The van der Waals surface area contributed by atoms with Crippen LogP contribution in [0.5, 0.6) is 0 Å². The molecule has 0 fully saturated rings. The van der Waals surface area contributed by atoms with Crippen molar-refractivity contribution in [2.75, 3.05) is 0 Å². The Labute approximate surface area is 137 Å². The van der Waals surface area contributed by atoms with Crippen molar-refractivity contribution in [3.8, 4) is 6.07 Å². The van der Waals surface area contributed by atoms with Crippen molar-refractivity contribution in [1.82, 2.24) is 14.8 Å². The lowest BCUT2D eigenvalue weighted by molar-refractivity contribution is 0.795. The summed E-state index contributed by atoms with van der Waals surface area (Å²) in [6.45, 7) is 0. The molecule has 0 radical (unpaired) electrons. The minimum atomic E-state index is -0.0332. The molecule has 0 spiro atoms. The Balaban J connectivity index is 1.88. The number of hydrogen-bond acceptors (Lipinski definition) is 3. The molecule has 1 N–H and O–H groups in total. The molecule has 2 aromatic carbocycles. The number of aryl methyl sites for hydroxylation is 1. The molecule has 24 heavy (non-hydrogen) atoms. The van der Waals surface area contributed by atoms with Crippen LogP contribution in [0, 0.1) is 11.3 Å². The molecule has 4 aromatic rings. The van der Waals surface area contributed by atoms with Gasteiger partial charge in [0.2, 0.25) is 5.43 Å². The lowest BCUT2D eigenvalue weighted by atomic mass is 9.99. The first kappa shape index (κ1) is 14.2. The van der Waals surface area contributed by atoms with Gasteiger partial charge in [0.05, 0.1) is 23.3 Å². The molecule has 2 heterocycles. The van der Waals surface area contributed by atoms with Crippen LogP contribution in [-0.4, -0.2) is 14.8 Å². The summed E-state index contributed by atoms with van der Waals surface area (Å²) in [5.74, 6) is 0. The molecule has 0 saturated heterocycles. The summed E-state index contributed by atoms with van der Waals surface area (Å²) in [5.41, 5.74) is 4.67. The lowest BCUT2D eigenvalue weighted by Gasteiger charge is -2.06. The van der Waals surface area contributed by atoms with Crippen molar-refractivity contribution in [3.05, 3.63) is 75.6 Å². The summed E-state index contributed by atoms with van der Waals surface area (Å²) in [6, 6.07) is 15.5. The molecule has 2 aromatic heterocycles. The van der Waals surface area contributed by atoms with Gasteiger partial charge < -0.3 is 4.98 Å². The predicted octanol–water partition coefficient (Wildman–Crippen LogP) is 2.88. The van der Waals surface area contributed by atoms with E-state index in [9.17, 15) is 10.1 Å². The number of H-pyrrole nitrogens is 1. The zero-order valence-corrected chi connectivity index (χ0v) is 13.1. The van der Waals surface area contributed by atoms with Gasteiger partial charge in [-0.15, -0.1) is 0 Å². The highest BCUT2D eigenvalue weighted by Gasteiger charge is 2.10. The molecule has 5 nitrogen and oxygen atoms in total. The third-order valence-corrected chi connectivity index (χ3v) is 4.28. The van der Waals surface area contributed by atoms with Crippen LogP contribution in [0.2, 0.25) is 0 Å². The standard InChI is InChI=1S/C19H14N4O/c1-23-18-17(11-21-23)22-16-7-6-12(9-15(16)19(18)24)8-13-4-2-3-5-14(13)10-20/h2-7,9,11H,8H2,1H3,(H,22,24). The van der Waals surface area contributed by atoms with Crippen LogP contribution in [0.3, 0.4) is 0 Å². The van der Waals surface area contributed by atoms with Crippen LogP contribution in [-0.2, 0) is 13.5 Å². The Morgan fingerprint density at radius 2 is 2.04 bits per heavy atom. The van der Waals surface area contributed by atoms with E-state index >= 15 is 0 Å². The van der Waals surface area contributed by atoms with Crippen molar-refractivity contribution in [3.63, 3.8) is 0 Å². The highest BCUT2D eigenvalue weighted by atomic mass is 16.1. The van der Waals surface area contributed by atoms with E-state index in [0.717, 1.165) is 22.2 Å². The van der Waals surface area contributed by atoms with Gasteiger partial charge in [-0.05, 0) is 35.7 Å². The molecule has 0 aliphatic rings. The molecule has 0 unspecified atom stereocenters. The number of aromatic nitrogens is 3. The second-order valence-electron chi connectivity index (χ2n) is 5.81. The van der Waals surface area contributed by atoms with Crippen LogP contribution in [0.1, 0.15) is 16.7 Å². The normalized spacial score (nSPS) is 11.0. The fourth-order valence-electron chi connectivity index (χ4n) is 3.07. The van der Waals surface area contributed by atoms with E-state index in [1.807, 2.05) is 42.5 Å². The number of nitrogens with one attached hydrogen (secondary N) is 1. The second-order valence-corrected chi connectivity index (χ2v) is 5.81. The maximum absolute atomic E-state index is 12.8. The number of nitriles is 1. The fraction of sp³-hybridized carbons (Fsp3) is 0.105. The van der Waals surface area contributed by atoms with E-state index in [4.69, 9.17) is 0 Å². The summed E-state index contributed by atoms with van der Waals surface area (Å²) in [6.07, 6.45) is 2.27. The Hall–Kier alpha value is -3.39. The highest BCUT2D eigenvalue weighted by molar-refractivity contribution is 5.90. The van der Waals surface area contributed by atoms with Crippen molar-refractivity contribution in [1.29, 1.82) is 5.26 Å². The van der Waals surface area contributed by atoms with Crippen molar-refractivity contribution >= 4 is 21.9 Å². The number of aromatic amines is 1. The van der Waals surface area contributed by atoms with Gasteiger partial charge >= 0.3 is 0 Å². The van der Waals surface area contributed by atoms with E-state index in [1.165, 1.54) is 0 Å². The lowest BCUT2D eigenvalue weighted by Crippen LogP contribution is -2.08. The number of fused-ring (bicyclic) bond motifs is 2. The fourth-order valence-corrected chi connectivity index (χ4v) is 3.07. The number of benzene rings is 2. The zero-order chi connectivity index (χ0) is 16.7. The van der Waals surface area contributed by atoms with Gasteiger partial charge in [-0.25, -0.2) is 0 Å². The molecule has 5 heteroatoms.